The molecular weight excluding hydrogens is 216 g/mol. The molecule has 0 unspecified atom stereocenters. The van der Waals surface area contributed by atoms with Gasteiger partial charge in [0.2, 0.25) is 0 Å². The highest BCUT2D eigenvalue weighted by atomic mass is 16.6. The van der Waals surface area contributed by atoms with E-state index in [-0.39, 0.29) is 18.2 Å². The van der Waals surface area contributed by atoms with Gasteiger partial charge in [-0.25, -0.2) is 4.79 Å². The second-order valence-corrected chi connectivity index (χ2v) is 4.54. The molecule has 1 aromatic carbocycles. The van der Waals surface area contributed by atoms with Gasteiger partial charge in [0.25, 0.3) is 0 Å². The molecule has 1 aromatic rings. The van der Waals surface area contributed by atoms with E-state index in [1.54, 1.807) is 11.9 Å². The van der Waals surface area contributed by atoms with Crippen LogP contribution in [0.2, 0.25) is 0 Å². The minimum atomic E-state index is -0.272. The van der Waals surface area contributed by atoms with Crippen molar-refractivity contribution in [1.82, 2.24) is 4.90 Å². The van der Waals surface area contributed by atoms with Crippen molar-refractivity contribution in [3.8, 4) is 0 Å². The molecular formula is C13H18N2O2. The maximum absolute atomic E-state index is 11.7. The van der Waals surface area contributed by atoms with Crippen molar-refractivity contribution in [2.75, 3.05) is 7.05 Å². The van der Waals surface area contributed by atoms with Crippen molar-refractivity contribution < 1.29 is 9.53 Å². The molecule has 1 fully saturated rings. The molecule has 2 N–H and O–H groups in total. The Kier molecular flexibility index (Phi) is 3.64. The minimum absolute atomic E-state index is 0.240. The fourth-order valence-corrected chi connectivity index (χ4v) is 1.92. The second kappa shape index (κ2) is 5.19. The van der Waals surface area contributed by atoms with Gasteiger partial charge in [-0.1, -0.05) is 30.3 Å². The Bertz CT molecular complexity index is 374. The number of carbonyl (C=O) groups is 1. The summed E-state index contributed by atoms with van der Waals surface area (Å²) in [5, 5.41) is 0. The van der Waals surface area contributed by atoms with Gasteiger partial charge in [0.05, 0.1) is 0 Å². The van der Waals surface area contributed by atoms with E-state index in [2.05, 4.69) is 0 Å². The molecule has 1 aliphatic rings. The van der Waals surface area contributed by atoms with Crippen molar-refractivity contribution in [2.24, 2.45) is 5.73 Å². The topological polar surface area (TPSA) is 55.6 Å². The third-order valence-electron chi connectivity index (χ3n) is 3.19. The molecule has 1 aliphatic carbocycles. The van der Waals surface area contributed by atoms with Crippen LogP contribution >= 0.6 is 0 Å². The smallest absolute Gasteiger partial charge is 0.410 e. The van der Waals surface area contributed by atoms with Crippen molar-refractivity contribution in [3.63, 3.8) is 0 Å². The Labute approximate surface area is 101 Å². The Balaban J connectivity index is 1.77. The fourth-order valence-electron chi connectivity index (χ4n) is 1.92. The molecule has 0 spiro atoms. The predicted molar refractivity (Wildman–Crippen MR) is 65.4 cm³/mol. The van der Waals surface area contributed by atoms with Gasteiger partial charge >= 0.3 is 6.09 Å². The summed E-state index contributed by atoms with van der Waals surface area (Å²) in [4.78, 5) is 13.4. The molecule has 0 heterocycles. The molecule has 0 aromatic heterocycles. The van der Waals surface area contributed by atoms with E-state index in [1.807, 2.05) is 30.3 Å². The van der Waals surface area contributed by atoms with Crippen LogP contribution in [0.3, 0.4) is 0 Å². The summed E-state index contributed by atoms with van der Waals surface area (Å²) in [6.07, 6.45) is 1.47. The fraction of sp³-hybridized carbons (Fsp3) is 0.462. The summed E-state index contributed by atoms with van der Waals surface area (Å²) < 4.78 is 5.23. The minimum Gasteiger partial charge on any atom is -0.445 e. The number of carbonyl (C=O) groups excluding carboxylic acids is 1. The molecule has 1 amide bonds. The maximum Gasteiger partial charge on any atom is 0.410 e. The lowest BCUT2D eigenvalue weighted by atomic mass is 9.87. The van der Waals surface area contributed by atoms with E-state index in [9.17, 15) is 4.79 Å². The zero-order valence-corrected chi connectivity index (χ0v) is 10.0. The Morgan fingerprint density at radius 1 is 1.41 bits per heavy atom. The van der Waals surface area contributed by atoms with Crippen molar-refractivity contribution in [2.45, 2.75) is 31.5 Å². The van der Waals surface area contributed by atoms with Gasteiger partial charge < -0.3 is 15.4 Å². The number of hydrogen-bond acceptors (Lipinski definition) is 3. The largest absolute Gasteiger partial charge is 0.445 e. The molecule has 0 radical (unpaired) electrons. The van der Waals surface area contributed by atoms with Gasteiger partial charge in [-0.15, -0.1) is 0 Å². The first-order valence-electron chi connectivity index (χ1n) is 5.86. The number of rotatable bonds is 3. The highest BCUT2D eigenvalue weighted by molar-refractivity contribution is 5.67. The van der Waals surface area contributed by atoms with Crippen LogP contribution < -0.4 is 5.73 Å². The first-order chi connectivity index (χ1) is 8.16. The molecule has 1 saturated carbocycles. The summed E-state index contributed by atoms with van der Waals surface area (Å²) >= 11 is 0. The monoisotopic (exact) mass is 234 g/mol. The SMILES string of the molecule is CN(C(=O)OCc1ccccc1)C1CC(N)C1. The van der Waals surface area contributed by atoms with Gasteiger partial charge in [0.15, 0.2) is 0 Å². The quantitative estimate of drug-likeness (QED) is 0.866. The average molecular weight is 234 g/mol. The first-order valence-corrected chi connectivity index (χ1v) is 5.86. The third-order valence-corrected chi connectivity index (χ3v) is 3.19. The van der Waals surface area contributed by atoms with Crippen LogP contribution in [0.4, 0.5) is 4.79 Å². The second-order valence-electron chi connectivity index (χ2n) is 4.54. The predicted octanol–water partition coefficient (Wildman–Crippen LogP) is 1.74. The number of amides is 1. The van der Waals surface area contributed by atoms with Crippen molar-refractivity contribution in [1.29, 1.82) is 0 Å². The lowest BCUT2D eigenvalue weighted by Gasteiger charge is -2.38. The summed E-state index contributed by atoms with van der Waals surface area (Å²) in [7, 11) is 1.77. The zero-order chi connectivity index (χ0) is 12.3. The van der Waals surface area contributed by atoms with Gasteiger partial charge in [-0.3, -0.25) is 0 Å². The average Bonchev–Trinajstić information content (AvgIpc) is 2.32. The van der Waals surface area contributed by atoms with Crippen LogP contribution in [-0.4, -0.2) is 30.1 Å². The number of hydrogen-bond donors (Lipinski definition) is 1. The van der Waals surface area contributed by atoms with E-state index in [0.29, 0.717) is 6.61 Å². The van der Waals surface area contributed by atoms with Gasteiger partial charge in [0, 0.05) is 19.1 Å². The molecule has 4 nitrogen and oxygen atoms in total. The Morgan fingerprint density at radius 3 is 2.65 bits per heavy atom. The third kappa shape index (κ3) is 2.97. The highest BCUT2D eigenvalue weighted by Gasteiger charge is 2.32. The van der Waals surface area contributed by atoms with Crippen LogP contribution in [0.1, 0.15) is 18.4 Å². The molecule has 0 bridgehead atoms. The van der Waals surface area contributed by atoms with E-state index in [0.717, 1.165) is 18.4 Å². The van der Waals surface area contributed by atoms with Gasteiger partial charge in [-0.2, -0.15) is 0 Å². The maximum atomic E-state index is 11.7. The molecule has 4 heteroatoms. The van der Waals surface area contributed by atoms with E-state index < -0.39 is 0 Å². The van der Waals surface area contributed by atoms with Crippen LogP contribution in [0.5, 0.6) is 0 Å². The van der Waals surface area contributed by atoms with Crippen LogP contribution in [0.15, 0.2) is 30.3 Å². The summed E-state index contributed by atoms with van der Waals surface area (Å²) in [5.41, 5.74) is 6.69. The van der Waals surface area contributed by atoms with Gasteiger partial charge in [0.1, 0.15) is 6.61 Å². The van der Waals surface area contributed by atoms with Crippen LogP contribution in [0, 0.1) is 0 Å². The number of benzene rings is 1. The van der Waals surface area contributed by atoms with E-state index in [1.165, 1.54) is 0 Å². The molecule has 0 aliphatic heterocycles. The zero-order valence-electron chi connectivity index (χ0n) is 10.0. The number of nitrogens with two attached hydrogens (primary N) is 1. The Hall–Kier alpha value is -1.55. The highest BCUT2D eigenvalue weighted by Crippen LogP contribution is 2.23. The standard InChI is InChI=1S/C13H18N2O2/c1-15(12-7-11(14)8-12)13(16)17-9-10-5-3-2-4-6-10/h2-6,11-12H,7-9,14H2,1H3. The summed E-state index contributed by atoms with van der Waals surface area (Å²) in [6.45, 7) is 0.322. The molecule has 0 atom stereocenters. The molecule has 92 valence electrons. The lowest BCUT2D eigenvalue weighted by Crippen LogP contribution is -2.51. The van der Waals surface area contributed by atoms with Crippen LogP contribution in [0.25, 0.3) is 0 Å². The van der Waals surface area contributed by atoms with Crippen molar-refractivity contribution >= 4 is 6.09 Å². The normalized spacial score (nSPS) is 22.7. The van der Waals surface area contributed by atoms with Gasteiger partial charge in [-0.05, 0) is 18.4 Å². The number of nitrogens with zero attached hydrogens (tertiary/aromatic N) is 1. The van der Waals surface area contributed by atoms with Crippen LogP contribution in [-0.2, 0) is 11.3 Å². The molecule has 17 heavy (non-hydrogen) atoms. The number of ether oxygens (including phenoxy) is 1. The lowest BCUT2D eigenvalue weighted by molar-refractivity contribution is 0.0698. The first kappa shape index (κ1) is 11.9. The molecule has 2 rings (SSSR count). The van der Waals surface area contributed by atoms with E-state index in [4.69, 9.17) is 10.5 Å². The van der Waals surface area contributed by atoms with E-state index >= 15 is 0 Å². The van der Waals surface area contributed by atoms with Crippen molar-refractivity contribution in [3.05, 3.63) is 35.9 Å². The molecule has 0 saturated heterocycles. The summed E-state index contributed by atoms with van der Waals surface area (Å²) in [6, 6.07) is 10.2. The Morgan fingerprint density at radius 2 is 2.06 bits per heavy atom. The summed E-state index contributed by atoms with van der Waals surface area (Å²) in [5.74, 6) is 0.